The van der Waals surface area contributed by atoms with Crippen molar-refractivity contribution in [3.05, 3.63) is 36.9 Å². The van der Waals surface area contributed by atoms with Crippen LogP contribution in [-0.2, 0) is 0 Å². The quantitative estimate of drug-likeness (QED) is 0.845. The van der Waals surface area contributed by atoms with Crippen molar-refractivity contribution >= 4 is 5.69 Å². The number of aromatic nitrogens is 1. The SMILES string of the molecule is CCC(CC)Nc1ccc(-c2cnco2)cc1. The van der Waals surface area contributed by atoms with Crippen molar-refractivity contribution < 1.29 is 4.42 Å². The van der Waals surface area contributed by atoms with Crippen LogP contribution in [0.15, 0.2) is 41.3 Å². The number of benzene rings is 1. The van der Waals surface area contributed by atoms with Gasteiger partial charge in [-0.15, -0.1) is 0 Å². The standard InChI is InChI=1S/C14H18N2O/c1-3-12(4-2)16-13-7-5-11(6-8-13)14-9-15-10-17-14/h5-10,12,16H,3-4H2,1-2H3. The third kappa shape index (κ3) is 2.87. The summed E-state index contributed by atoms with van der Waals surface area (Å²) in [7, 11) is 0. The minimum absolute atomic E-state index is 0.547. The number of anilines is 1. The van der Waals surface area contributed by atoms with Gasteiger partial charge in [0.2, 0.25) is 0 Å². The van der Waals surface area contributed by atoms with E-state index < -0.39 is 0 Å². The molecule has 0 bridgehead atoms. The summed E-state index contributed by atoms with van der Waals surface area (Å²) in [5.41, 5.74) is 2.21. The Morgan fingerprint density at radius 2 is 1.88 bits per heavy atom. The fourth-order valence-electron chi connectivity index (χ4n) is 1.82. The van der Waals surface area contributed by atoms with Crippen molar-refractivity contribution in [1.82, 2.24) is 4.98 Å². The minimum Gasteiger partial charge on any atom is -0.444 e. The average molecular weight is 230 g/mol. The van der Waals surface area contributed by atoms with Gasteiger partial charge in [0.25, 0.3) is 0 Å². The van der Waals surface area contributed by atoms with Gasteiger partial charge in [-0.2, -0.15) is 0 Å². The summed E-state index contributed by atoms with van der Waals surface area (Å²) in [4.78, 5) is 3.91. The fraction of sp³-hybridized carbons (Fsp3) is 0.357. The van der Waals surface area contributed by atoms with Gasteiger partial charge in [0.1, 0.15) is 0 Å². The normalized spacial score (nSPS) is 10.8. The van der Waals surface area contributed by atoms with Gasteiger partial charge in [-0.3, -0.25) is 0 Å². The molecule has 90 valence electrons. The monoisotopic (exact) mass is 230 g/mol. The van der Waals surface area contributed by atoms with E-state index in [4.69, 9.17) is 4.42 Å². The van der Waals surface area contributed by atoms with E-state index in [1.165, 1.54) is 6.39 Å². The molecule has 0 unspecified atom stereocenters. The van der Waals surface area contributed by atoms with Crippen molar-refractivity contribution in [3.8, 4) is 11.3 Å². The van der Waals surface area contributed by atoms with E-state index in [0.717, 1.165) is 29.9 Å². The number of nitrogens with one attached hydrogen (secondary N) is 1. The van der Waals surface area contributed by atoms with Gasteiger partial charge in [0.05, 0.1) is 6.20 Å². The molecule has 0 spiro atoms. The number of hydrogen-bond donors (Lipinski definition) is 1. The summed E-state index contributed by atoms with van der Waals surface area (Å²) in [6.07, 6.45) is 5.45. The average Bonchev–Trinajstić information content (AvgIpc) is 2.90. The lowest BCUT2D eigenvalue weighted by molar-refractivity contribution is 0.572. The van der Waals surface area contributed by atoms with Gasteiger partial charge in [-0.05, 0) is 37.1 Å². The third-order valence-electron chi connectivity index (χ3n) is 2.96. The van der Waals surface area contributed by atoms with E-state index >= 15 is 0 Å². The Hall–Kier alpha value is -1.77. The zero-order chi connectivity index (χ0) is 12.1. The molecule has 0 aliphatic heterocycles. The molecule has 0 saturated carbocycles. The van der Waals surface area contributed by atoms with Crippen molar-refractivity contribution in [3.63, 3.8) is 0 Å². The van der Waals surface area contributed by atoms with Crippen LogP contribution < -0.4 is 5.32 Å². The third-order valence-corrected chi connectivity index (χ3v) is 2.96. The zero-order valence-electron chi connectivity index (χ0n) is 10.3. The predicted octanol–water partition coefficient (Wildman–Crippen LogP) is 3.94. The van der Waals surface area contributed by atoms with Crippen molar-refractivity contribution in [2.24, 2.45) is 0 Å². The van der Waals surface area contributed by atoms with Gasteiger partial charge in [-0.1, -0.05) is 13.8 Å². The second-order valence-electron chi connectivity index (χ2n) is 4.10. The van der Waals surface area contributed by atoms with Gasteiger partial charge in [-0.25, -0.2) is 4.98 Å². The molecule has 1 heterocycles. The lowest BCUT2D eigenvalue weighted by atomic mass is 10.1. The first-order valence-corrected chi connectivity index (χ1v) is 6.09. The first kappa shape index (κ1) is 11.7. The first-order valence-electron chi connectivity index (χ1n) is 6.09. The lowest BCUT2D eigenvalue weighted by Crippen LogP contribution is -2.16. The maximum Gasteiger partial charge on any atom is 0.181 e. The summed E-state index contributed by atoms with van der Waals surface area (Å²) in [5.74, 6) is 0.805. The molecule has 0 saturated heterocycles. The van der Waals surface area contributed by atoms with Crippen molar-refractivity contribution in [2.75, 3.05) is 5.32 Å². The second kappa shape index (κ2) is 5.53. The molecule has 1 N–H and O–H groups in total. The Bertz CT molecular complexity index is 430. The summed E-state index contributed by atoms with van der Waals surface area (Å²) < 4.78 is 5.25. The van der Waals surface area contributed by atoms with Gasteiger partial charge in [0.15, 0.2) is 12.2 Å². The number of rotatable bonds is 5. The van der Waals surface area contributed by atoms with Crippen LogP contribution in [0.3, 0.4) is 0 Å². The van der Waals surface area contributed by atoms with E-state index in [1.807, 2.05) is 12.1 Å². The van der Waals surface area contributed by atoms with Crippen LogP contribution in [0.2, 0.25) is 0 Å². The van der Waals surface area contributed by atoms with Gasteiger partial charge in [0, 0.05) is 17.3 Å². The molecule has 1 aromatic carbocycles. The van der Waals surface area contributed by atoms with Crippen LogP contribution in [0, 0.1) is 0 Å². The highest BCUT2D eigenvalue weighted by Crippen LogP contribution is 2.21. The van der Waals surface area contributed by atoms with Crippen LogP contribution in [0.4, 0.5) is 5.69 Å². The molecule has 3 nitrogen and oxygen atoms in total. The topological polar surface area (TPSA) is 38.1 Å². The molecule has 3 heteroatoms. The Balaban J connectivity index is 2.08. The summed E-state index contributed by atoms with van der Waals surface area (Å²) in [6.45, 7) is 4.40. The molecule has 2 rings (SSSR count). The molecule has 2 aromatic rings. The van der Waals surface area contributed by atoms with E-state index in [1.54, 1.807) is 6.20 Å². The number of nitrogens with zero attached hydrogens (tertiary/aromatic N) is 1. The number of hydrogen-bond acceptors (Lipinski definition) is 3. The molecule has 0 aliphatic carbocycles. The molecule has 0 amide bonds. The van der Waals surface area contributed by atoms with Crippen molar-refractivity contribution in [1.29, 1.82) is 0 Å². The first-order chi connectivity index (χ1) is 8.33. The van der Waals surface area contributed by atoms with Gasteiger partial charge < -0.3 is 9.73 Å². The van der Waals surface area contributed by atoms with Crippen molar-refractivity contribution in [2.45, 2.75) is 32.7 Å². The molecule has 1 aromatic heterocycles. The van der Waals surface area contributed by atoms with E-state index in [9.17, 15) is 0 Å². The van der Waals surface area contributed by atoms with Gasteiger partial charge >= 0.3 is 0 Å². The molecule has 17 heavy (non-hydrogen) atoms. The molecule has 0 fully saturated rings. The molecule has 0 atom stereocenters. The number of oxazole rings is 1. The highest BCUT2D eigenvalue weighted by molar-refractivity contribution is 5.60. The molecular weight excluding hydrogens is 212 g/mol. The fourth-order valence-corrected chi connectivity index (χ4v) is 1.82. The summed E-state index contributed by atoms with van der Waals surface area (Å²) in [6, 6.07) is 8.80. The van der Waals surface area contributed by atoms with Crippen LogP contribution in [0.5, 0.6) is 0 Å². The summed E-state index contributed by atoms with van der Waals surface area (Å²) in [5, 5.41) is 3.50. The Kier molecular flexibility index (Phi) is 3.81. The largest absolute Gasteiger partial charge is 0.444 e. The zero-order valence-corrected chi connectivity index (χ0v) is 10.3. The van der Waals surface area contributed by atoms with Crippen LogP contribution in [0.1, 0.15) is 26.7 Å². The van der Waals surface area contributed by atoms with Crippen LogP contribution in [-0.4, -0.2) is 11.0 Å². The van der Waals surface area contributed by atoms with Crippen LogP contribution in [0.25, 0.3) is 11.3 Å². The smallest absolute Gasteiger partial charge is 0.181 e. The van der Waals surface area contributed by atoms with E-state index in [0.29, 0.717) is 6.04 Å². The maximum absolute atomic E-state index is 5.25. The summed E-state index contributed by atoms with van der Waals surface area (Å²) >= 11 is 0. The lowest BCUT2D eigenvalue weighted by Gasteiger charge is -2.16. The molecule has 0 radical (unpaired) electrons. The predicted molar refractivity (Wildman–Crippen MR) is 69.9 cm³/mol. The second-order valence-corrected chi connectivity index (χ2v) is 4.10. The highest BCUT2D eigenvalue weighted by atomic mass is 16.3. The van der Waals surface area contributed by atoms with Crippen LogP contribution >= 0.6 is 0 Å². The maximum atomic E-state index is 5.25. The van der Waals surface area contributed by atoms with E-state index in [-0.39, 0.29) is 0 Å². The van der Waals surface area contributed by atoms with E-state index in [2.05, 4.69) is 36.3 Å². The molecule has 0 aliphatic rings. The minimum atomic E-state index is 0.547. The Morgan fingerprint density at radius 3 is 2.41 bits per heavy atom. The highest BCUT2D eigenvalue weighted by Gasteiger charge is 2.04. The Morgan fingerprint density at radius 1 is 1.18 bits per heavy atom. The molecular formula is C14H18N2O. The Labute approximate surface area is 102 Å².